The predicted molar refractivity (Wildman–Crippen MR) is 70.3 cm³/mol. The summed E-state index contributed by atoms with van der Waals surface area (Å²) in [4.78, 5) is 21.9. The molecule has 1 N–H and O–H groups in total. The van der Waals surface area contributed by atoms with Crippen LogP contribution in [0.2, 0.25) is 0 Å². The SMILES string of the molecule is CCC(=O)OC(CCCCCCC(C)C)C(=O)O. The van der Waals surface area contributed by atoms with Gasteiger partial charge < -0.3 is 9.84 Å². The summed E-state index contributed by atoms with van der Waals surface area (Å²) in [5.74, 6) is -0.761. The van der Waals surface area contributed by atoms with Gasteiger partial charge in [0.1, 0.15) is 0 Å². The molecule has 0 amide bonds. The van der Waals surface area contributed by atoms with Crippen LogP contribution >= 0.6 is 0 Å². The Morgan fingerprint density at radius 2 is 1.61 bits per heavy atom. The van der Waals surface area contributed by atoms with Gasteiger partial charge in [-0.3, -0.25) is 4.79 Å². The van der Waals surface area contributed by atoms with Crippen LogP contribution in [0.5, 0.6) is 0 Å². The third kappa shape index (κ3) is 9.02. The van der Waals surface area contributed by atoms with Crippen molar-refractivity contribution in [3.05, 3.63) is 0 Å². The fraction of sp³-hybridized carbons (Fsp3) is 0.857. The average molecular weight is 258 g/mol. The van der Waals surface area contributed by atoms with Crippen LogP contribution < -0.4 is 0 Å². The quantitative estimate of drug-likeness (QED) is 0.482. The van der Waals surface area contributed by atoms with Gasteiger partial charge >= 0.3 is 11.9 Å². The second kappa shape index (κ2) is 9.92. The zero-order valence-electron chi connectivity index (χ0n) is 11.8. The summed E-state index contributed by atoms with van der Waals surface area (Å²) in [6, 6.07) is 0. The molecule has 18 heavy (non-hydrogen) atoms. The molecule has 0 aliphatic rings. The average Bonchev–Trinajstić information content (AvgIpc) is 2.30. The summed E-state index contributed by atoms with van der Waals surface area (Å²) in [6.07, 6.45) is 4.99. The van der Waals surface area contributed by atoms with Crippen molar-refractivity contribution >= 4 is 11.9 Å². The molecule has 0 aromatic heterocycles. The third-order valence-corrected chi connectivity index (χ3v) is 2.84. The van der Waals surface area contributed by atoms with Crippen LogP contribution in [0.1, 0.15) is 65.7 Å². The molecular formula is C14H26O4. The van der Waals surface area contributed by atoms with E-state index in [0.29, 0.717) is 6.42 Å². The first-order chi connectivity index (χ1) is 8.47. The molecule has 4 heteroatoms. The maximum atomic E-state index is 11.1. The highest BCUT2D eigenvalue weighted by Gasteiger charge is 2.20. The van der Waals surface area contributed by atoms with E-state index in [1.54, 1.807) is 6.92 Å². The summed E-state index contributed by atoms with van der Waals surface area (Å²) < 4.78 is 4.87. The Kier molecular flexibility index (Phi) is 9.33. The minimum absolute atomic E-state index is 0.220. The van der Waals surface area contributed by atoms with Crippen LogP contribution in [0, 0.1) is 5.92 Å². The largest absolute Gasteiger partial charge is 0.479 e. The first-order valence-electron chi connectivity index (χ1n) is 6.89. The minimum Gasteiger partial charge on any atom is -0.479 e. The van der Waals surface area contributed by atoms with E-state index >= 15 is 0 Å². The van der Waals surface area contributed by atoms with Gasteiger partial charge in [0.25, 0.3) is 0 Å². The maximum Gasteiger partial charge on any atom is 0.345 e. The highest BCUT2D eigenvalue weighted by atomic mass is 16.6. The molecule has 1 unspecified atom stereocenters. The molecule has 0 radical (unpaired) electrons. The van der Waals surface area contributed by atoms with Crippen molar-refractivity contribution in [1.82, 2.24) is 0 Å². The number of hydrogen-bond donors (Lipinski definition) is 1. The van der Waals surface area contributed by atoms with Crippen molar-refractivity contribution in [3.63, 3.8) is 0 Å². The van der Waals surface area contributed by atoms with Crippen LogP contribution in [0.4, 0.5) is 0 Å². The molecule has 0 heterocycles. The van der Waals surface area contributed by atoms with Gasteiger partial charge in [0.05, 0.1) is 0 Å². The van der Waals surface area contributed by atoms with Gasteiger partial charge in [-0.15, -0.1) is 0 Å². The lowest BCUT2D eigenvalue weighted by molar-refractivity contribution is -0.164. The number of hydrogen-bond acceptors (Lipinski definition) is 3. The van der Waals surface area contributed by atoms with Crippen LogP contribution in [0.25, 0.3) is 0 Å². The Bertz CT molecular complexity index is 248. The van der Waals surface area contributed by atoms with Crippen LogP contribution in [0.15, 0.2) is 0 Å². The molecular weight excluding hydrogens is 232 g/mol. The van der Waals surface area contributed by atoms with Crippen molar-refractivity contribution in [2.24, 2.45) is 5.92 Å². The topological polar surface area (TPSA) is 63.6 Å². The highest BCUT2D eigenvalue weighted by Crippen LogP contribution is 2.13. The number of ether oxygens (including phenoxy) is 1. The molecule has 0 rings (SSSR count). The second-order valence-electron chi connectivity index (χ2n) is 5.06. The lowest BCUT2D eigenvalue weighted by atomic mass is 10.0. The van der Waals surface area contributed by atoms with Crippen molar-refractivity contribution < 1.29 is 19.4 Å². The summed E-state index contributed by atoms with van der Waals surface area (Å²) >= 11 is 0. The molecule has 106 valence electrons. The summed E-state index contributed by atoms with van der Waals surface area (Å²) in [6.45, 7) is 6.06. The van der Waals surface area contributed by atoms with E-state index in [-0.39, 0.29) is 6.42 Å². The van der Waals surface area contributed by atoms with E-state index in [9.17, 15) is 9.59 Å². The van der Waals surface area contributed by atoms with Gasteiger partial charge in [0.2, 0.25) is 0 Å². The smallest absolute Gasteiger partial charge is 0.345 e. The fourth-order valence-electron chi connectivity index (χ4n) is 1.71. The molecule has 0 fully saturated rings. The Balaban J connectivity index is 3.71. The molecule has 0 aromatic rings. The molecule has 0 aliphatic heterocycles. The van der Waals surface area contributed by atoms with Crippen LogP contribution in [-0.4, -0.2) is 23.1 Å². The number of unbranched alkanes of at least 4 members (excludes halogenated alkanes) is 3. The monoisotopic (exact) mass is 258 g/mol. The number of aliphatic carboxylic acids is 1. The zero-order valence-corrected chi connectivity index (χ0v) is 11.8. The van der Waals surface area contributed by atoms with E-state index in [1.165, 1.54) is 12.8 Å². The molecule has 1 atom stereocenters. The number of rotatable bonds is 10. The number of carbonyl (C=O) groups is 2. The Labute approximate surface area is 110 Å². The first kappa shape index (κ1) is 16.9. The summed E-state index contributed by atoms with van der Waals surface area (Å²) in [5.41, 5.74) is 0. The predicted octanol–water partition coefficient (Wildman–Crippen LogP) is 3.39. The van der Waals surface area contributed by atoms with Crippen LogP contribution in [0.3, 0.4) is 0 Å². The van der Waals surface area contributed by atoms with Crippen molar-refractivity contribution in [1.29, 1.82) is 0 Å². The van der Waals surface area contributed by atoms with E-state index in [4.69, 9.17) is 9.84 Å². The van der Waals surface area contributed by atoms with Gasteiger partial charge in [0, 0.05) is 6.42 Å². The second-order valence-corrected chi connectivity index (χ2v) is 5.06. The number of carboxylic acids is 1. The molecule has 0 bridgehead atoms. The number of carbonyl (C=O) groups excluding carboxylic acids is 1. The molecule has 0 aromatic carbocycles. The summed E-state index contributed by atoms with van der Waals surface area (Å²) in [7, 11) is 0. The Morgan fingerprint density at radius 3 is 2.06 bits per heavy atom. The van der Waals surface area contributed by atoms with E-state index in [0.717, 1.165) is 25.2 Å². The highest BCUT2D eigenvalue weighted by molar-refractivity contribution is 5.77. The van der Waals surface area contributed by atoms with Crippen molar-refractivity contribution in [2.75, 3.05) is 0 Å². The van der Waals surface area contributed by atoms with Crippen molar-refractivity contribution in [2.45, 2.75) is 71.8 Å². The van der Waals surface area contributed by atoms with E-state index in [2.05, 4.69) is 13.8 Å². The first-order valence-corrected chi connectivity index (χ1v) is 6.89. The van der Waals surface area contributed by atoms with Gasteiger partial charge in [-0.1, -0.05) is 46.5 Å². The molecule has 0 aliphatic carbocycles. The molecule has 0 saturated heterocycles. The fourth-order valence-corrected chi connectivity index (χ4v) is 1.71. The summed E-state index contributed by atoms with van der Waals surface area (Å²) in [5, 5.41) is 8.92. The minimum atomic E-state index is -1.04. The maximum absolute atomic E-state index is 11.1. The molecule has 4 nitrogen and oxygen atoms in total. The van der Waals surface area contributed by atoms with Gasteiger partial charge in [-0.2, -0.15) is 0 Å². The molecule has 0 saturated carbocycles. The van der Waals surface area contributed by atoms with Crippen LogP contribution in [-0.2, 0) is 14.3 Å². The van der Waals surface area contributed by atoms with Gasteiger partial charge in [-0.05, 0) is 18.8 Å². The Hall–Kier alpha value is -1.06. The van der Waals surface area contributed by atoms with Crippen molar-refractivity contribution in [3.8, 4) is 0 Å². The lowest BCUT2D eigenvalue weighted by Crippen LogP contribution is -2.26. The Morgan fingerprint density at radius 1 is 1.06 bits per heavy atom. The standard InChI is InChI=1S/C14H26O4/c1-4-13(15)18-12(14(16)17)10-8-6-5-7-9-11(2)3/h11-12H,4-10H2,1-3H3,(H,16,17). The lowest BCUT2D eigenvalue weighted by Gasteiger charge is -2.13. The third-order valence-electron chi connectivity index (χ3n) is 2.84. The normalized spacial score (nSPS) is 12.4. The number of carboxylic acid groups (broad SMARTS) is 1. The van der Waals surface area contributed by atoms with E-state index < -0.39 is 18.0 Å². The zero-order chi connectivity index (χ0) is 14.0. The van der Waals surface area contributed by atoms with Gasteiger partial charge in [0.15, 0.2) is 6.10 Å². The molecule has 0 spiro atoms. The van der Waals surface area contributed by atoms with Gasteiger partial charge in [-0.25, -0.2) is 4.79 Å². The number of esters is 1. The van der Waals surface area contributed by atoms with E-state index in [1.807, 2.05) is 0 Å².